The number of nitrogens with one attached hydrogen (secondary N) is 2. The van der Waals surface area contributed by atoms with Gasteiger partial charge in [0.2, 0.25) is 5.91 Å². The summed E-state index contributed by atoms with van der Waals surface area (Å²) in [4.78, 5) is 28.5. The van der Waals surface area contributed by atoms with Crippen molar-refractivity contribution in [2.75, 3.05) is 12.4 Å². The summed E-state index contributed by atoms with van der Waals surface area (Å²) in [5.41, 5.74) is 1.67. The number of anilines is 1. The summed E-state index contributed by atoms with van der Waals surface area (Å²) in [5, 5.41) is 7.58. The Balaban J connectivity index is 1.60. The minimum absolute atomic E-state index is 0.153. The van der Waals surface area contributed by atoms with Gasteiger partial charge in [0.1, 0.15) is 11.8 Å². The van der Waals surface area contributed by atoms with Crippen LogP contribution < -0.4 is 15.4 Å². The van der Waals surface area contributed by atoms with Crippen molar-refractivity contribution in [3.63, 3.8) is 0 Å². The van der Waals surface area contributed by atoms with E-state index in [2.05, 4.69) is 15.6 Å². The van der Waals surface area contributed by atoms with Gasteiger partial charge in [-0.15, -0.1) is 11.3 Å². The number of nitrogens with zero attached hydrogens (tertiary/aromatic N) is 1. The highest BCUT2D eigenvalue weighted by Gasteiger charge is 2.19. The first-order chi connectivity index (χ1) is 12.6. The third kappa shape index (κ3) is 4.09. The van der Waals surface area contributed by atoms with Crippen molar-refractivity contribution in [2.24, 2.45) is 0 Å². The van der Waals surface area contributed by atoms with Gasteiger partial charge in [-0.1, -0.05) is 0 Å². The van der Waals surface area contributed by atoms with E-state index in [4.69, 9.17) is 9.15 Å². The Hall–Kier alpha value is -3.13. The van der Waals surface area contributed by atoms with Crippen molar-refractivity contribution in [1.82, 2.24) is 10.3 Å². The number of hydrogen-bond donors (Lipinski definition) is 2. The van der Waals surface area contributed by atoms with Crippen molar-refractivity contribution in [3.05, 3.63) is 53.8 Å². The first kappa shape index (κ1) is 17.7. The molecule has 2 amide bonds. The lowest BCUT2D eigenvalue weighted by Gasteiger charge is -2.11. The Morgan fingerprint density at radius 2 is 2.00 bits per heavy atom. The number of rotatable bonds is 6. The molecule has 2 N–H and O–H groups in total. The second-order valence-corrected chi connectivity index (χ2v) is 6.29. The molecule has 3 aromatic rings. The summed E-state index contributed by atoms with van der Waals surface area (Å²) in [6.45, 7) is 1.59. The maximum absolute atomic E-state index is 12.2. The normalized spacial score (nSPS) is 11.6. The lowest BCUT2D eigenvalue weighted by Crippen LogP contribution is -2.41. The van der Waals surface area contributed by atoms with Crippen molar-refractivity contribution in [2.45, 2.75) is 13.0 Å². The maximum Gasteiger partial charge on any atom is 0.287 e. The molecule has 0 saturated heterocycles. The molecule has 0 bridgehead atoms. The summed E-state index contributed by atoms with van der Waals surface area (Å²) >= 11 is 1.31. The highest BCUT2D eigenvalue weighted by atomic mass is 32.1. The lowest BCUT2D eigenvalue weighted by molar-refractivity contribution is -0.117. The van der Waals surface area contributed by atoms with Gasteiger partial charge in [-0.05, 0) is 43.3 Å². The number of thiazole rings is 1. The molecule has 0 fully saturated rings. The summed E-state index contributed by atoms with van der Waals surface area (Å²) < 4.78 is 10.1. The molecule has 3 rings (SSSR count). The van der Waals surface area contributed by atoms with Crippen molar-refractivity contribution in [1.29, 1.82) is 0 Å². The van der Waals surface area contributed by atoms with Gasteiger partial charge in [-0.3, -0.25) is 9.59 Å². The Morgan fingerprint density at radius 3 is 2.65 bits per heavy atom. The molecule has 0 unspecified atom stereocenters. The first-order valence-corrected chi connectivity index (χ1v) is 8.70. The van der Waals surface area contributed by atoms with Crippen molar-refractivity contribution >= 4 is 28.3 Å². The molecule has 1 aromatic carbocycles. The lowest BCUT2D eigenvalue weighted by atomic mass is 10.2. The number of carbonyl (C=O) groups excluding carboxylic acids is 2. The van der Waals surface area contributed by atoms with Crippen LogP contribution in [0.4, 0.5) is 5.13 Å². The highest BCUT2D eigenvalue weighted by molar-refractivity contribution is 7.14. The molecule has 26 heavy (non-hydrogen) atoms. The van der Waals surface area contributed by atoms with Gasteiger partial charge >= 0.3 is 0 Å². The van der Waals surface area contributed by atoms with E-state index in [-0.39, 0.29) is 11.7 Å². The van der Waals surface area contributed by atoms with Gasteiger partial charge in [-0.25, -0.2) is 4.98 Å². The van der Waals surface area contributed by atoms with Crippen LogP contribution in [-0.4, -0.2) is 29.9 Å². The third-order valence-corrected chi connectivity index (χ3v) is 4.36. The number of furan rings is 1. The van der Waals surface area contributed by atoms with E-state index in [0.717, 1.165) is 17.0 Å². The summed E-state index contributed by atoms with van der Waals surface area (Å²) in [6, 6.07) is 9.88. The van der Waals surface area contributed by atoms with E-state index in [1.54, 1.807) is 20.1 Å². The summed E-state index contributed by atoms with van der Waals surface area (Å²) in [5.74, 6) is 0.107. The molecule has 8 heteroatoms. The van der Waals surface area contributed by atoms with Gasteiger partial charge in [0.05, 0.1) is 19.1 Å². The van der Waals surface area contributed by atoms with Crippen molar-refractivity contribution in [3.8, 4) is 17.0 Å². The van der Waals surface area contributed by atoms with Crippen molar-refractivity contribution < 1.29 is 18.7 Å². The van der Waals surface area contributed by atoms with Gasteiger partial charge in [-0.2, -0.15) is 0 Å². The highest BCUT2D eigenvalue weighted by Crippen LogP contribution is 2.26. The second-order valence-electron chi connectivity index (χ2n) is 5.43. The molecule has 0 aliphatic rings. The number of carbonyl (C=O) groups is 2. The molecule has 2 heterocycles. The molecule has 0 aliphatic carbocycles. The molecular formula is C18H17N3O4S. The SMILES string of the molecule is COc1ccc(-c2csc(NC(=O)[C@H](C)NC(=O)c3ccco3)n2)cc1. The zero-order chi connectivity index (χ0) is 18.5. The number of benzene rings is 1. The smallest absolute Gasteiger partial charge is 0.287 e. The number of amides is 2. The molecular weight excluding hydrogens is 354 g/mol. The predicted molar refractivity (Wildman–Crippen MR) is 98.4 cm³/mol. The first-order valence-electron chi connectivity index (χ1n) is 7.82. The zero-order valence-electron chi connectivity index (χ0n) is 14.2. The number of hydrogen-bond acceptors (Lipinski definition) is 6. The molecule has 7 nitrogen and oxygen atoms in total. The third-order valence-electron chi connectivity index (χ3n) is 3.61. The quantitative estimate of drug-likeness (QED) is 0.694. The van der Waals surface area contributed by atoms with Crippen LogP contribution in [0, 0.1) is 0 Å². The van der Waals surface area contributed by atoms with Gasteiger partial charge in [0, 0.05) is 10.9 Å². The fraction of sp³-hybridized carbons (Fsp3) is 0.167. The average molecular weight is 371 g/mol. The van der Waals surface area contributed by atoms with Crippen LogP contribution in [-0.2, 0) is 4.79 Å². The fourth-order valence-electron chi connectivity index (χ4n) is 2.18. The molecule has 0 spiro atoms. The number of aromatic nitrogens is 1. The summed E-state index contributed by atoms with van der Waals surface area (Å²) in [7, 11) is 1.61. The van der Waals surface area contributed by atoms with Crippen LogP contribution in [0.3, 0.4) is 0 Å². The molecule has 0 radical (unpaired) electrons. The molecule has 1 atom stereocenters. The second kappa shape index (κ2) is 7.83. The van der Waals surface area contributed by atoms with Crippen LogP contribution in [0.2, 0.25) is 0 Å². The van der Waals surface area contributed by atoms with E-state index in [0.29, 0.717) is 5.13 Å². The minimum Gasteiger partial charge on any atom is -0.497 e. The average Bonchev–Trinajstić information content (AvgIpc) is 3.34. The van der Waals surface area contributed by atoms with E-state index in [1.807, 2.05) is 29.6 Å². The van der Waals surface area contributed by atoms with E-state index >= 15 is 0 Å². The van der Waals surface area contributed by atoms with Crippen LogP contribution in [0.25, 0.3) is 11.3 Å². The van der Waals surface area contributed by atoms with Crippen LogP contribution in [0.1, 0.15) is 17.5 Å². The Kier molecular flexibility index (Phi) is 5.33. The van der Waals surface area contributed by atoms with Gasteiger partial charge < -0.3 is 19.8 Å². The van der Waals surface area contributed by atoms with Crippen LogP contribution in [0.15, 0.2) is 52.5 Å². The van der Waals surface area contributed by atoms with E-state index < -0.39 is 11.9 Å². The Labute approximate surface area is 154 Å². The Bertz CT molecular complexity index is 888. The number of methoxy groups -OCH3 is 1. The van der Waals surface area contributed by atoms with Gasteiger partial charge in [0.15, 0.2) is 10.9 Å². The van der Waals surface area contributed by atoms with Crippen LogP contribution >= 0.6 is 11.3 Å². The van der Waals surface area contributed by atoms with E-state index in [1.165, 1.54) is 23.7 Å². The molecule has 0 aliphatic heterocycles. The molecule has 134 valence electrons. The van der Waals surface area contributed by atoms with Gasteiger partial charge in [0.25, 0.3) is 5.91 Å². The van der Waals surface area contributed by atoms with Crippen LogP contribution in [0.5, 0.6) is 5.75 Å². The summed E-state index contributed by atoms with van der Waals surface area (Å²) in [6.07, 6.45) is 1.40. The zero-order valence-corrected chi connectivity index (χ0v) is 15.0. The topological polar surface area (TPSA) is 93.5 Å². The Morgan fingerprint density at radius 1 is 1.23 bits per heavy atom. The molecule has 0 saturated carbocycles. The van der Waals surface area contributed by atoms with E-state index in [9.17, 15) is 9.59 Å². The standard InChI is InChI=1S/C18H17N3O4S/c1-11(19-17(23)15-4-3-9-25-15)16(22)21-18-20-14(10-26-18)12-5-7-13(24-2)8-6-12/h3-11H,1-2H3,(H,19,23)(H,20,21,22)/t11-/m0/s1. The largest absolute Gasteiger partial charge is 0.497 e. The maximum atomic E-state index is 12.2. The fourth-order valence-corrected chi connectivity index (χ4v) is 2.90. The number of ether oxygens (including phenoxy) is 1. The minimum atomic E-state index is -0.735. The monoisotopic (exact) mass is 371 g/mol. The predicted octanol–water partition coefficient (Wildman–Crippen LogP) is 3.17. The molecule has 2 aromatic heterocycles.